The molecule has 0 spiro atoms. The van der Waals surface area contributed by atoms with Crippen LogP contribution in [0, 0.1) is 11.6 Å². The van der Waals surface area contributed by atoms with Crippen LogP contribution in [0.3, 0.4) is 0 Å². The summed E-state index contributed by atoms with van der Waals surface area (Å²) in [5.74, 6) is 0.131. The molecule has 0 saturated heterocycles. The number of hydrogen-bond acceptors (Lipinski definition) is 5. The molecule has 0 bridgehead atoms. The monoisotopic (exact) mass is 449 g/mol. The third-order valence-corrected chi connectivity index (χ3v) is 6.64. The van der Waals surface area contributed by atoms with Gasteiger partial charge in [-0.15, -0.1) is 11.8 Å². The van der Waals surface area contributed by atoms with Crippen LogP contribution in [0.15, 0.2) is 47.4 Å². The zero-order valence-electron chi connectivity index (χ0n) is 17.1. The number of thioether (sulfide) groups is 1. The molecule has 0 aliphatic carbocycles. The van der Waals surface area contributed by atoms with E-state index in [9.17, 15) is 13.6 Å². The normalized spacial score (nSPS) is 11.4. The first kappa shape index (κ1) is 22.7. The Morgan fingerprint density at radius 1 is 1.07 bits per heavy atom. The van der Waals surface area contributed by atoms with Crippen molar-refractivity contribution in [2.75, 3.05) is 37.8 Å². The molecular weight excluding hydrogens is 424 g/mol. The maximum Gasteiger partial charge on any atom is 0.228 e. The topological polar surface area (TPSA) is 36.4 Å². The van der Waals surface area contributed by atoms with Crippen molar-refractivity contribution in [3.63, 3.8) is 0 Å². The van der Waals surface area contributed by atoms with E-state index in [0.29, 0.717) is 30.0 Å². The minimum Gasteiger partial charge on any atom is -0.309 e. The van der Waals surface area contributed by atoms with Crippen LogP contribution < -0.4 is 4.90 Å². The zero-order chi connectivity index (χ0) is 21.5. The number of anilines is 1. The quantitative estimate of drug-likeness (QED) is 0.305. The second kappa shape index (κ2) is 10.8. The number of nitrogens with zero attached hydrogens (tertiary/aromatic N) is 3. The lowest BCUT2D eigenvalue weighted by Crippen LogP contribution is -2.33. The van der Waals surface area contributed by atoms with E-state index in [-0.39, 0.29) is 17.5 Å². The Bertz CT molecular complexity index is 976. The van der Waals surface area contributed by atoms with E-state index in [1.807, 2.05) is 20.2 Å². The summed E-state index contributed by atoms with van der Waals surface area (Å²) in [6.07, 6.45) is 1.89. The summed E-state index contributed by atoms with van der Waals surface area (Å²) in [6.45, 7) is 1.40. The molecule has 0 aliphatic rings. The molecule has 1 amide bonds. The Morgan fingerprint density at radius 3 is 2.53 bits per heavy atom. The minimum atomic E-state index is -0.369. The smallest absolute Gasteiger partial charge is 0.228 e. The number of halogens is 2. The molecule has 3 aromatic rings. The lowest BCUT2D eigenvalue weighted by Gasteiger charge is -2.21. The van der Waals surface area contributed by atoms with Crippen molar-refractivity contribution < 1.29 is 13.6 Å². The van der Waals surface area contributed by atoms with Gasteiger partial charge in [-0.3, -0.25) is 9.69 Å². The van der Waals surface area contributed by atoms with Crippen molar-refractivity contribution in [1.82, 2.24) is 9.88 Å². The molecule has 0 atom stereocenters. The van der Waals surface area contributed by atoms with E-state index in [1.54, 1.807) is 34.9 Å². The highest BCUT2D eigenvalue weighted by atomic mass is 32.2. The van der Waals surface area contributed by atoms with Gasteiger partial charge in [-0.2, -0.15) is 0 Å². The van der Waals surface area contributed by atoms with Crippen LogP contribution >= 0.6 is 23.1 Å². The Hall–Kier alpha value is -2.03. The molecule has 2 aromatic carbocycles. The Kier molecular flexibility index (Phi) is 8.18. The summed E-state index contributed by atoms with van der Waals surface area (Å²) in [5.41, 5.74) is 0.315. The molecular formula is C22H25F2N3OS2. The van der Waals surface area contributed by atoms with Gasteiger partial charge in [0.1, 0.15) is 17.2 Å². The summed E-state index contributed by atoms with van der Waals surface area (Å²) >= 11 is 2.94. The van der Waals surface area contributed by atoms with E-state index >= 15 is 0 Å². The molecule has 1 aromatic heterocycles. The van der Waals surface area contributed by atoms with Crippen LogP contribution in [-0.4, -0.2) is 48.7 Å². The first-order valence-electron chi connectivity index (χ1n) is 9.82. The molecule has 1 heterocycles. The van der Waals surface area contributed by atoms with Crippen molar-refractivity contribution in [3.05, 3.63) is 54.1 Å². The second-order valence-corrected chi connectivity index (χ2v) is 9.37. The molecule has 4 nitrogen and oxygen atoms in total. The van der Waals surface area contributed by atoms with E-state index < -0.39 is 0 Å². The lowest BCUT2D eigenvalue weighted by molar-refractivity contribution is -0.118. The molecule has 8 heteroatoms. The van der Waals surface area contributed by atoms with Gasteiger partial charge in [0.25, 0.3) is 0 Å². The summed E-state index contributed by atoms with van der Waals surface area (Å²) in [6, 6.07) is 11.2. The SMILES string of the molecule is CN(C)CCCN(C(=O)CCCSc1ccc(F)cc1)c1nc2c(F)cccc2s1. The number of carbonyl (C=O) groups excluding carboxylic acids is 1. The number of para-hydroxylation sites is 1. The number of rotatable bonds is 10. The van der Waals surface area contributed by atoms with Gasteiger partial charge in [-0.1, -0.05) is 17.4 Å². The third-order valence-electron chi connectivity index (χ3n) is 4.49. The van der Waals surface area contributed by atoms with Crippen molar-refractivity contribution in [2.24, 2.45) is 0 Å². The Labute approximate surface area is 183 Å². The van der Waals surface area contributed by atoms with Crippen LogP contribution in [0.4, 0.5) is 13.9 Å². The number of benzene rings is 2. The average Bonchev–Trinajstić information content (AvgIpc) is 3.15. The lowest BCUT2D eigenvalue weighted by atomic mass is 10.3. The molecule has 0 unspecified atom stereocenters. The number of fused-ring (bicyclic) bond motifs is 1. The highest BCUT2D eigenvalue weighted by Crippen LogP contribution is 2.31. The molecule has 0 fully saturated rings. The minimum absolute atomic E-state index is 0.00655. The van der Waals surface area contributed by atoms with Gasteiger partial charge in [-0.05, 0) is 75.6 Å². The number of aromatic nitrogens is 1. The van der Waals surface area contributed by atoms with Crippen LogP contribution in [-0.2, 0) is 4.79 Å². The van der Waals surface area contributed by atoms with E-state index in [1.165, 1.54) is 29.5 Å². The van der Waals surface area contributed by atoms with Gasteiger partial charge < -0.3 is 4.90 Å². The average molecular weight is 450 g/mol. The van der Waals surface area contributed by atoms with Gasteiger partial charge in [-0.25, -0.2) is 13.8 Å². The van der Waals surface area contributed by atoms with Gasteiger partial charge in [0, 0.05) is 17.9 Å². The van der Waals surface area contributed by atoms with E-state index in [4.69, 9.17) is 0 Å². The van der Waals surface area contributed by atoms with Crippen molar-refractivity contribution in [1.29, 1.82) is 0 Å². The highest BCUT2D eigenvalue weighted by molar-refractivity contribution is 7.99. The largest absolute Gasteiger partial charge is 0.309 e. The molecule has 0 N–H and O–H groups in total. The van der Waals surface area contributed by atoms with Crippen LogP contribution in [0.5, 0.6) is 0 Å². The fourth-order valence-electron chi connectivity index (χ4n) is 2.97. The van der Waals surface area contributed by atoms with Gasteiger partial charge >= 0.3 is 0 Å². The van der Waals surface area contributed by atoms with Crippen molar-refractivity contribution in [3.8, 4) is 0 Å². The highest BCUT2D eigenvalue weighted by Gasteiger charge is 2.20. The Morgan fingerprint density at radius 2 is 1.83 bits per heavy atom. The maximum atomic E-state index is 14.1. The van der Waals surface area contributed by atoms with Gasteiger partial charge in [0.05, 0.1) is 4.70 Å². The fourth-order valence-corrected chi connectivity index (χ4v) is 4.85. The summed E-state index contributed by atoms with van der Waals surface area (Å²) < 4.78 is 27.8. The third kappa shape index (κ3) is 6.23. The van der Waals surface area contributed by atoms with Crippen LogP contribution in [0.25, 0.3) is 10.2 Å². The number of carbonyl (C=O) groups is 1. The molecule has 0 saturated carbocycles. The Balaban J connectivity index is 1.63. The predicted molar refractivity (Wildman–Crippen MR) is 121 cm³/mol. The van der Waals surface area contributed by atoms with Crippen molar-refractivity contribution >= 4 is 44.4 Å². The summed E-state index contributed by atoms with van der Waals surface area (Å²) in [4.78, 5) is 22.1. The van der Waals surface area contributed by atoms with E-state index in [0.717, 1.165) is 28.3 Å². The van der Waals surface area contributed by atoms with Gasteiger partial charge in [0.2, 0.25) is 5.91 Å². The number of hydrogen-bond donors (Lipinski definition) is 0. The van der Waals surface area contributed by atoms with Crippen LogP contribution in [0.1, 0.15) is 19.3 Å². The van der Waals surface area contributed by atoms with Crippen molar-refractivity contribution in [2.45, 2.75) is 24.2 Å². The van der Waals surface area contributed by atoms with Crippen LogP contribution in [0.2, 0.25) is 0 Å². The molecule has 0 aliphatic heterocycles. The zero-order valence-corrected chi connectivity index (χ0v) is 18.7. The number of thiazole rings is 1. The fraction of sp³-hybridized carbons (Fsp3) is 0.364. The van der Waals surface area contributed by atoms with E-state index in [2.05, 4.69) is 9.88 Å². The first-order chi connectivity index (χ1) is 14.4. The summed E-state index contributed by atoms with van der Waals surface area (Å²) in [7, 11) is 3.98. The molecule has 3 rings (SSSR count). The number of amides is 1. The second-order valence-electron chi connectivity index (χ2n) is 7.19. The predicted octanol–water partition coefficient (Wildman–Crippen LogP) is 5.43. The molecule has 0 radical (unpaired) electrons. The first-order valence-corrected chi connectivity index (χ1v) is 11.6. The molecule has 160 valence electrons. The van der Waals surface area contributed by atoms with Gasteiger partial charge in [0.15, 0.2) is 5.13 Å². The standard InChI is InChI=1S/C22H25F2N3OS2/c1-26(2)13-5-14-27(22-25-21-18(24)6-3-7-19(21)30-22)20(28)8-4-15-29-17-11-9-16(23)10-12-17/h3,6-7,9-12H,4-5,8,13-15H2,1-2H3. The maximum absolute atomic E-state index is 14.1. The summed E-state index contributed by atoms with van der Waals surface area (Å²) in [5, 5.41) is 0.546. The molecule has 30 heavy (non-hydrogen) atoms.